The van der Waals surface area contributed by atoms with Crippen LogP contribution in [0.1, 0.15) is 53.4 Å². The van der Waals surface area contributed by atoms with Gasteiger partial charge < -0.3 is 19.6 Å². The maximum atomic E-state index is 11.6. The second-order valence-corrected chi connectivity index (χ2v) is 5.88. The average Bonchev–Trinajstić information content (AvgIpc) is 2.50. The summed E-state index contributed by atoms with van der Waals surface area (Å²) in [4.78, 5) is 27.1. The van der Waals surface area contributed by atoms with Crippen molar-refractivity contribution in [1.29, 1.82) is 5.41 Å². The molecule has 0 aromatic heterocycles. The molecule has 138 valence electrons. The molecule has 0 aliphatic carbocycles. The normalized spacial score (nSPS) is 14.0. The van der Waals surface area contributed by atoms with E-state index in [4.69, 9.17) is 19.6 Å². The second-order valence-electron chi connectivity index (χ2n) is 5.88. The number of carbonyl (C=O) groups excluding carboxylic acids is 2. The van der Waals surface area contributed by atoms with Crippen LogP contribution in [-0.4, -0.2) is 55.8 Å². The smallest absolute Gasteiger partial charge is 0.306 e. The Bertz CT molecular complexity index is 448. The van der Waals surface area contributed by atoms with E-state index in [-0.39, 0.29) is 43.8 Å². The van der Waals surface area contributed by atoms with E-state index in [9.17, 15) is 9.59 Å². The molecule has 7 heteroatoms. The minimum atomic E-state index is -0.380. The summed E-state index contributed by atoms with van der Waals surface area (Å²) >= 11 is 0. The van der Waals surface area contributed by atoms with Crippen molar-refractivity contribution in [3.8, 4) is 0 Å². The summed E-state index contributed by atoms with van der Waals surface area (Å²) < 4.78 is 15.8. The summed E-state index contributed by atoms with van der Waals surface area (Å²) in [6, 6.07) is 0. The Hall–Kier alpha value is -1.76. The van der Waals surface area contributed by atoms with E-state index in [0.29, 0.717) is 25.0 Å². The number of aliphatic imine (C=N–C) groups is 1. The zero-order valence-electron chi connectivity index (χ0n) is 15.4. The van der Waals surface area contributed by atoms with Gasteiger partial charge in [-0.1, -0.05) is 0 Å². The zero-order chi connectivity index (χ0) is 18.5. The molecular weight excluding hydrogens is 312 g/mol. The van der Waals surface area contributed by atoms with Gasteiger partial charge in [0.15, 0.2) is 0 Å². The van der Waals surface area contributed by atoms with Crippen LogP contribution in [0.5, 0.6) is 0 Å². The quantitative estimate of drug-likeness (QED) is 0.434. The minimum absolute atomic E-state index is 0.203. The molecule has 0 saturated carbocycles. The van der Waals surface area contributed by atoms with Crippen LogP contribution in [0.3, 0.4) is 0 Å². The maximum absolute atomic E-state index is 11.6. The van der Waals surface area contributed by atoms with Crippen molar-refractivity contribution in [2.45, 2.75) is 65.6 Å². The number of nitrogens with zero attached hydrogens (tertiary/aromatic N) is 1. The molecule has 24 heavy (non-hydrogen) atoms. The Labute approximate surface area is 144 Å². The zero-order valence-corrected chi connectivity index (χ0v) is 15.4. The Morgan fingerprint density at radius 2 is 1.38 bits per heavy atom. The van der Waals surface area contributed by atoms with Gasteiger partial charge in [0.2, 0.25) is 0 Å². The van der Waals surface area contributed by atoms with Crippen LogP contribution in [0.4, 0.5) is 0 Å². The molecule has 0 radical (unpaired) electrons. The lowest BCUT2D eigenvalue weighted by Gasteiger charge is -2.17. The first-order chi connectivity index (χ1) is 11.2. The molecule has 0 aliphatic heterocycles. The number of ether oxygens (including phenoxy) is 3. The van der Waals surface area contributed by atoms with Crippen molar-refractivity contribution < 1.29 is 23.8 Å². The lowest BCUT2D eigenvalue weighted by atomic mass is 10.2. The van der Waals surface area contributed by atoms with E-state index < -0.39 is 0 Å². The predicted octanol–water partition coefficient (Wildman–Crippen LogP) is 2.56. The summed E-state index contributed by atoms with van der Waals surface area (Å²) in [7, 11) is 1.69. The fourth-order valence-corrected chi connectivity index (χ4v) is 1.72. The minimum Gasteiger partial charge on any atom is -0.460 e. The molecule has 0 amide bonds. The fourth-order valence-electron chi connectivity index (χ4n) is 1.72. The van der Waals surface area contributed by atoms with Gasteiger partial charge in [0.1, 0.15) is 12.2 Å². The molecule has 0 aromatic carbocycles. The van der Waals surface area contributed by atoms with Crippen molar-refractivity contribution in [3.05, 3.63) is 0 Å². The van der Waals surface area contributed by atoms with E-state index in [0.717, 1.165) is 5.71 Å². The summed E-state index contributed by atoms with van der Waals surface area (Å²) in [5, 5.41) is 7.27. The van der Waals surface area contributed by atoms with E-state index in [1.165, 1.54) is 0 Å². The van der Waals surface area contributed by atoms with Gasteiger partial charge in [-0.3, -0.25) is 14.6 Å². The summed E-state index contributed by atoms with van der Waals surface area (Å²) in [5.41, 5.74) is 1.36. The molecule has 0 heterocycles. The van der Waals surface area contributed by atoms with Crippen molar-refractivity contribution in [1.82, 2.24) is 0 Å². The van der Waals surface area contributed by atoms with Gasteiger partial charge >= 0.3 is 11.9 Å². The van der Waals surface area contributed by atoms with Crippen molar-refractivity contribution in [2.75, 3.05) is 20.3 Å². The Kier molecular flexibility index (Phi) is 11.7. The maximum Gasteiger partial charge on any atom is 0.306 e. The highest BCUT2D eigenvalue weighted by Crippen LogP contribution is 2.03. The monoisotopic (exact) mass is 342 g/mol. The lowest BCUT2D eigenvalue weighted by molar-refractivity contribution is -0.154. The van der Waals surface area contributed by atoms with Crippen LogP contribution in [0.15, 0.2) is 4.99 Å². The van der Waals surface area contributed by atoms with E-state index in [1.807, 2.05) is 6.92 Å². The lowest BCUT2D eigenvalue weighted by Crippen LogP contribution is -2.25. The van der Waals surface area contributed by atoms with Gasteiger partial charge in [0.05, 0.1) is 26.1 Å². The summed E-state index contributed by atoms with van der Waals surface area (Å²) in [5.74, 6) is -0.624. The van der Waals surface area contributed by atoms with Gasteiger partial charge in [-0.25, -0.2) is 0 Å². The third-order valence-corrected chi connectivity index (χ3v) is 3.15. The molecule has 0 spiro atoms. The van der Waals surface area contributed by atoms with Gasteiger partial charge in [0, 0.05) is 18.5 Å². The first-order valence-electron chi connectivity index (χ1n) is 8.17. The van der Waals surface area contributed by atoms with E-state index in [1.54, 1.807) is 27.8 Å². The van der Waals surface area contributed by atoms with Gasteiger partial charge in [-0.05, 0) is 40.5 Å². The van der Waals surface area contributed by atoms with Crippen LogP contribution < -0.4 is 0 Å². The molecule has 0 rings (SSSR count). The van der Waals surface area contributed by atoms with Crippen LogP contribution in [-0.2, 0) is 23.8 Å². The number of nitrogens with one attached hydrogen (secondary N) is 1. The van der Waals surface area contributed by atoms with Gasteiger partial charge in [-0.15, -0.1) is 0 Å². The first-order valence-corrected chi connectivity index (χ1v) is 8.17. The first kappa shape index (κ1) is 22.2. The van der Waals surface area contributed by atoms with Crippen LogP contribution in [0.2, 0.25) is 0 Å². The molecule has 0 fully saturated rings. The number of esters is 2. The number of carbonyl (C=O) groups is 2. The Balaban J connectivity index is 3.83. The molecule has 7 nitrogen and oxygen atoms in total. The number of hydrogen-bond acceptors (Lipinski definition) is 7. The molecule has 1 N–H and O–H groups in total. The molecule has 0 bridgehead atoms. The highest BCUT2D eigenvalue weighted by Gasteiger charge is 2.13. The van der Waals surface area contributed by atoms with Crippen LogP contribution in [0, 0.1) is 5.41 Å². The SMILES string of the molecule is CN=C(C)CCC(=O)OC(C)COCC(C)OC(=O)CCC(C)=N. The van der Waals surface area contributed by atoms with E-state index in [2.05, 4.69) is 4.99 Å². The van der Waals surface area contributed by atoms with Crippen LogP contribution >= 0.6 is 0 Å². The number of hydrogen-bond donors (Lipinski definition) is 1. The molecule has 2 atom stereocenters. The van der Waals surface area contributed by atoms with Crippen LogP contribution in [0.25, 0.3) is 0 Å². The largest absolute Gasteiger partial charge is 0.460 e. The molecule has 0 saturated heterocycles. The average molecular weight is 342 g/mol. The number of rotatable bonds is 12. The molecule has 0 aliphatic rings. The topological polar surface area (TPSA) is 98.0 Å². The van der Waals surface area contributed by atoms with Gasteiger partial charge in [-0.2, -0.15) is 0 Å². The third-order valence-electron chi connectivity index (χ3n) is 3.15. The van der Waals surface area contributed by atoms with Gasteiger partial charge in [0.25, 0.3) is 0 Å². The molecule has 0 aromatic rings. The van der Waals surface area contributed by atoms with Crippen molar-refractivity contribution in [3.63, 3.8) is 0 Å². The second kappa shape index (κ2) is 12.6. The Morgan fingerprint density at radius 3 is 1.79 bits per heavy atom. The highest BCUT2D eigenvalue weighted by molar-refractivity contribution is 5.85. The van der Waals surface area contributed by atoms with Crippen molar-refractivity contribution >= 4 is 23.4 Å². The van der Waals surface area contributed by atoms with Crippen molar-refractivity contribution in [2.24, 2.45) is 4.99 Å². The third kappa shape index (κ3) is 12.8. The predicted molar refractivity (Wildman–Crippen MR) is 92.8 cm³/mol. The van der Waals surface area contributed by atoms with E-state index >= 15 is 0 Å². The highest BCUT2D eigenvalue weighted by atomic mass is 16.6. The molecule has 2 unspecified atom stereocenters. The molecular formula is C17H30N2O5. The summed E-state index contributed by atoms with van der Waals surface area (Å²) in [6.07, 6.45) is 0.754. The summed E-state index contributed by atoms with van der Waals surface area (Å²) in [6.45, 7) is 7.48. The standard InChI is InChI=1S/C17H30N2O5/c1-12(18)6-8-16(20)23-14(3)10-22-11-15(4)24-17(21)9-7-13(2)19-5/h14-15,18H,6-11H2,1-5H3. The fraction of sp³-hybridized carbons (Fsp3) is 0.765. The Morgan fingerprint density at radius 1 is 0.917 bits per heavy atom.